The van der Waals surface area contributed by atoms with E-state index in [-0.39, 0.29) is 0 Å². The van der Waals surface area contributed by atoms with Crippen LogP contribution >= 0.6 is 0 Å². The molecule has 65 valence electrons. The van der Waals surface area contributed by atoms with Crippen molar-refractivity contribution in [2.24, 2.45) is 5.73 Å². The van der Waals surface area contributed by atoms with Crippen molar-refractivity contribution in [1.82, 2.24) is 4.90 Å². The lowest BCUT2D eigenvalue weighted by Crippen LogP contribution is -2.46. The third-order valence-electron chi connectivity index (χ3n) is 2.55. The zero-order chi connectivity index (χ0) is 8.27. The number of nitrogens with two attached hydrogens (primary N) is 1. The monoisotopic (exact) mass is 155 g/mol. The van der Waals surface area contributed by atoms with Gasteiger partial charge in [-0.15, -0.1) is 0 Å². The summed E-state index contributed by atoms with van der Waals surface area (Å²) in [6.45, 7) is 6.75. The Morgan fingerprint density at radius 3 is 3.00 bits per heavy atom. The molecule has 1 aliphatic rings. The van der Waals surface area contributed by atoms with Gasteiger partial charge in [0, 0.05) is 18.6 Å². The minimum atomic E-state index is 0.303. The van der Waals surface area contributed by atoms with Crippen LogP contribution < -0.4 is 5.73 Å². The molecule has 1 heterocycles. The molecule has 1 aliphatic heterocycles. The molecule has 0 saturated carbocycles. The van der Waals surface area contributed by atoms with E-state index in [1.165, 1.54) is 13.0 Å². The number of hydrogen-bond acceptors (Lipinski definition) is 2. The topological polar surface area (TPSA) is 29.3 Å². The lowest BCUT2D eigenvalue weighted by atomic mass is 10.0. The summed E-state index contributed by atoms with van der Waals surface area (Å²) in [5.41, 5.74) is 5.82. The average molecular weight is 155 g/mol. The van der Waals surface area contributed by atoms with Crippen LogP contribution in [0.3, 0.4) is 0 Å². The average Bonchev–Trinajstić information content (AvgIpc) is 2.03. The number of hydrogen-bond donors (Lipinski definition) is 1. The molecule has 2 atom stereocenters. The minimum absolute atomic E-state index is 0.303. The van der Waals surface area contributed by atoms with E-state index in [1.54, 1.807) is 0 Å². The highest BCUT2D eigenvalue weighted by molar-refractivity contribution is 4.89. The Kier molecular flexibility index (Phi) is 3.34. The second-order valence-corrected chi connectivity index (χ2v) is 3.44. The summed E-state index contributed by atoms with van der Waals surface area (Å²) in [4.78, 5) is 2.48. The molecule has 1 radical (unpaired) electrons. The van der Waals surface area contributed by atoms with E-state index in [4.69, 9.17) is 5.73 Å². The summed E-state index contributed by atoms with van der Waals surface area (Å²) in [7, 11) is 0. The molecule has 11 heavy (non-hydrogen) atoms. The smallest absolute Gasteiger partial charge is 0.0200 e. The van der Waals surface area contributed by atoms with Gasteiger partial charge in [-0.25, -0.2) is 0 Å². The van der Waals surface area contributed by atoms with Crippen molar-refractivity contribution in [2.45, 2.75) is 38.8 Å². The van der Waals surface area contributed by atoms with Crippen LogP contribution in [0.1, 0.15) is 26.7 Å². The van der Waals surface area contributed by atoms with Crippen LogP contribution in [0.25, 0.3) is 0 Å². The first kappa shape index (κ1) is 9.01. The Morgan fingerprint density at radius 2 is 2.45 bits per heavy atom. The lowest BCUT2D eigenvalue weighted by molar-refractivity contribution is 0.177. The Morgan fingerprint density at radius 1 is 1.73 bits per heavy atom. The summed E-state index contributed by atoms with van der Waals surface area (Å²) in [5, 5.41) is 0. The van der Waals surface area contributed by atoms with Crippen LogP contribution in [0.5, 0.6) is 0 Å². The molecule has 0 spiro atoms. The van der Waals surface area contributed by atoms with E-state index in [0.717, 1.165) is 13.0 Å². The number of piperidine rings is 1. The van der Waals surface area contributed by atoms with E-state index < -0.39 is 0 Å². The number of nitrogens with zero attached hydrogens (tertiary/aromatic N) is 1. The molecular formula is C9H19N2. The molecule has 2 unspecified atom stereocenters. The Hall–Kier alpha value is -0.0800. The molecule has 0 aromatic carbocycles. The van der Waals surface area contributed by atoms with Crippen LogP contribution in [-0.4, -0.2) is 30.1 Å². The third-order valence-corrected chi connectivity index (χ3v) is 2.55. The normalized spacial score (nSPS) is 30.3. The summed E-state index contributed by atoms with van der Waals surface area (Å²) < 4.78 is 0. The molecule has 2 nitrogen and oxygen atoms in total. The van der Waals surface area contributed by atoms with Crippen molar-refractivity contribution in [1.29, 1.82) is 0 Å². The van der Waals surface area contributed by atoms with Gasteiger partial charge in [0.15, 0.2) is 0 Å². The molecule has 0 amide bonds. The molecule has 1 fully saturated rings. The quantitative estimate of drug-likeness (QED) is 0.645. The van der Waals surface area contributed by atoms with Gasteiger partial charge in [0.1, 0.15) is 0 Å². The molecule has 0 aromatic rings. The zero-order valence-electron chi connectivity index (χ0n) is 7.59. The van der Waals surface area contributed by atoms with Crippen molar-refractivity contribution >= 4 is 0 Å². The molecule has 0 aromatic heterocycles. The standard InChI is InChI=1S/C9H19N2/c1-3-8(2)11-6-4-5-9(10)7-11/h5,8-9H,3-4,6-7,10H2,1-2H3. The van der Waals surface area contributed by atoms with E-state index in [9.17, 15) is 0 Å². The summed E-state index contributed by atoms with van der Waals surface area (Å²) in [6, 6.07) is 1.01. The molecule has 2 heteroatoms. The molecule has 2 N–H and O–H groups in total. The van der Waals surface area contributed by atoms with Gasteiger partial charge in [0.2, 0.25) is 0 Å². The summed E-state index contributed by atoms with van der Waals surface area (Å²) in [6.07, 6.45) is 4.61. The maximum atomic E-state index is 5.82. The minimum Gasteiger partial charge on any atom is -0.326 e. The SMILES string of the molecule is CCC(C)N1CC[CH]C(N)C1. The van der Waals surface area contributed by atoms with Crippen molar-refractivity contribution < 1.29 is 0 Å². The van der Waals surface area contributed by atoms with Crippen LogP contribution in [-0.2, 0) is 0 Å². The van der Waals surface area contributed by atoms with Crippen LogP contribution in [0.15, 0.2) is 0 Å². The van der Waals surface area contributed by atoms with Crippen LogP contribution in [0, 0.1) is 6.42 Å². The maximum absolute atomic E-state index is 5.82. The maximum Gasteiger partial charge on any atom is 0.0200 e. The van der Waals surface area contributed by atoms with Crippen LogP contribution in [0.4, 0.5) is 0 Å². The third kappa shape index (κ3) is 2.46. The first-order chi connectivity index (χ1) is 5.24. The molecular weight excluding hydrogens is 136 g/mol. The molecule has 1 rings (SSSR count). The van der Waals surface area contributed by atoms with Crippen molar-refractivity contribution in [3.05, 3.63) is 6.42 Å². The van der Waals surface area contributed by atoms with Gasteiger partial charge in [-0.2, -0.15) is 0 Å². The summed E-state index contributed by atoms with van der Waals surface area (Å²) >= 11 is 0. The highest BCUT2D eigenvalue weighted by Crippen LogP contribution is 2.12. The summed E-state index contributed by atoms with van der Waals surface area (Å²) in [5.74, 6) is 0. The fourth-order valence-electron chi connectivity index (χ4n) is 1.55. The predicted octanol–water partition coefficient (Wildman–Crippen LogP) is 1.02. The number of likely N-dealkylation sites (tertiary alicyclic amines) is 1. The Balaban J connectivity index is 2.33. The van der Waals surface area contributed by atoms with Crippen molar-refractivity contribution in [3.63, 3.8) is 0 Å². The molecule has 1 saturated heterocycles. The fraction of sp³-hybridized carbons (Fsp3) is 0.889. The van der Waals surface area contributed by atoms with Gasteiger partial charge in [0.25, 0.3) is 0 Å². The van der Waals surface area contributed by atoms with Gasteiger partial charge in [-0.05, 0) is 32.7 Å². The van der Waals surface area contributed by atoms with Gasteiger partial charge in [-0.3, -0.25) is 4.90 Å². The van der Waals surface area contributed by atoms with E-state index >= 15 is 0 Å². The van der Waals surface area contributed by atoms with Gasteiger partial charge >= 0.3 is 0 Å². The Bertz CT molecular complexity index is 114. The van der Waals surface area contributed by atoms with Gasteiger partial charge in [-0.1, -0.05) is 6.92 Å². The zero-order valence-corrected chi connectivity index (χ0v) is 7.59. The lowest BCUT2D eigenvalue weighted by Gasteiger charge is -2.34. The highest BCUT2D eigenvalue weighted by atomic mass is 15.2. The first-order valence-corrected chi connectivity index (χ1v) is 4.57. The van der Waals surface area contributed by atoms with E-state index in [1.807, 2.05) is 0 Å². The molecule has 0 bridgehead atoms. The molecule has 0 aliphatic carbocycles. The van der Waals surface area contributed by atoms with Crippen LogP contribution in [0.2, 0.25) is 0 Å². The van der Waals surface area contributed by atoms with E-state index in [2.05, 4.69) is 25.2 Å². The van der Waals surface area contributed by atoms with Crippen molar-refractivity contribution in [2.75, 3.05) is 13.1 Å². The second-order valence-electron chi connectivity index (χ2n) is 3.44. The predicted molar refractivity (Wildman–Crippen MR) is 48.2 cm³/mol. The number of rotatable bonds is 2. The largest absolute Gasteiger partial charge is 0.326 e. The van der Waals surface area contributed by atoms with Gasteiger partial charge in [0.05, 0.1) is 0 Å². The van der Waals surface area contributed by atoms with E-state index in [0.29, 0.717) is 12.1 Å². The Labute approximate surface area is 69.8 Å². The second kappa shape index (κ2) is 4.07. The van der Waals surface area contributed by atoms with Gasteiger partial charge < -0.3 is 5.73 Å². The van der Waals surface area contributed by atoms with Crippen molar-refractivity contribution in [3.8, 4) is 0 Å². The first-order valence-electron chi connectivity index (χ1n) is 4.57. The highest BCUT2D eigenvalue weighted by Gasteiger charge is 2.19. The fourth-order valence-corrected chi connectivity index (χ4v) is 1.55.